The number of rotatable bonds is 5. The third kappa shape index (κ3) is 3.60. The molecule has 1 fully saturated rings. The number of carbonyl (C=O) groups excluding carboxylic acids is 1. The van der Waals surface area contributed by atoms with E-state index < -0.39 is 0 Å². The first kappa shape index (κ1) is 15.0. The molecule has 0 radical (unpaired) electrons. The van der Waals surface area contributed by atoms with Crippen molar-refractivity contribution in [1.29, 1.82) is 0 Å². The summed E-state index contributed by atoms with van der Waals surface area (Å²) < 4.78 is 0. The zero-order chi connectivity index (χ0) is 14.4. The van der Waals surface area contributed by atoms with Gasteiger partial charge in [0, 0.05) is 12.1 Å². The molecule has 2 unspecified atom stereocenters. The molecule has 1 aromatic rings. The van der Waals surface area contributed by atoms with Crippen LogP contribution in [0.15, 0.2) is 24.3 Å². The molecule has 0 heterocycles. The average molecular weight is 274 g/mol. The smallest absolute Gasteiger partial charge is 0.251 e. The quantitative estimate of drug-likeness (QED) is 0.867. The number of benzene rings is 1. The summed E-state index contributed by atoms with van der Waals surface area (Å²) in [7, 11) is 0. The number of hydrogen-bond acceptors (Lipinski definition) is 2. The maximum Gasteiger partial charge on any atom is 0.251 e. The van der Waals surface area contributed by atoms with Crippen molar-refractivity contribution in [3.63, 3.8) is 0 Å². The number of nitrogens with one attached hydrogen (secondary N) is 1. The lowest BCUT2D eigenvalue weighted by Gasteiger charge is -2.30. The Kier molecular flexibility index (Phi) is 5.60. The molecule has 3 nitrogen and oxygen atoms in total. The predicted octanol–water partition coefficient (Wildman–Crippen LogP) is 2.74. The largest absolute Gasteiger partial charge is 0.352 e. The number of carbonyl (C=O) groups is 1. The van der Waals surface area contributed by atoms with Gasteiger partial charge >= 0.3 is 0 Å². The van der Waals surface area contributed by atoms with E-state index in [2.05, 4.69) is 12.2 Å². The average Bonchev–Trinajstić information content (AvgIpc) is 2.52. The van der Waals surface area contributed by atoms with Crippen LogP contribution in [0.5, 0.6) is 0 Å². The van der Waals surface area contributed by atoms with Gasteiger partial charge in [-0.25, -0.2) is 0 Å². The number of nitrogens with two attached hydrogens (primary N) is 1. The molecule has 0 aromatic heterocycles. The molecule has 110 valence electrons. The van der Waals surface area contributed by atoms with Crippen LogP contribution in [-0.2, 0) is 6.42 Å². The predicted molar refractivity (Wildman–Crippen MR) is 82.7 cm³/mol. The van der Waals surface area contributed by atoms with Crippen molar-refractivity contribution >= 4 is 5.91 Å². The summed E-state index contributed by atoms with van der Waals surface area (Å²) in [6, 6.07) is 7.85. The van der Waals surface area contributed by atoms with E-state index in [9.17, 15) is 4.79 Å². The summed E-state index contributed by atoms with van der Waals surface area (Å²) in [4.78, 5) is 12.3. The normalized spacial score (nSPS) is 22.5. The highest BCUT2D eigenvalue weighted by atomic mass is 16.1. The molecule has 3 N–H and O–H groups in total. The van der Waals surface area contributed by atoms with E-state index in [0.29, 0.717) is 11.8 Å². The highest BCUT2D eigenvalue weighted by Gasteiger charge is 2.24. The van der Waals surface area contributed by atoms with Crippen LogP contribution < -0.4 is 11.1 Å². The second kappa shape index (κ2) is 7.44. The molecule has 2 atom stereocenters. The minimum absolute atomic E-state index is 0.0591. The van der Waals surface area contributed by atoms with Gasteiger partial charge in [0.25, 0.3) is 5.91 Å². The van der Waals surface area contributed by atoms with E-state index in [-0.39, 0.29) is 5.91 Å². The van der Waals surface area contributed by atoms with E-state index in [4.69, 9.17) is 5.73 Å². The topological polar surface area (TPSA) is 55.1 Å². The molecule has 1 aliphatic rings. The first-order valence-corrected chi connectivity index (χ1v) is 7.82. The van der Waals surface area contributed by atoms with Gasteiger partial charge in [0.2, 0.25) is 0 Å². The van der Waals surface area contributed by atoms with Gasteiger partial charge in [-0.2, -0.15) is 0 Å². The maximum absolute atomic E-state index is 12.3. The zero-order valence-electron chi connectivity index (χ0n) is 12.4. The van der Waals surface area contributed by atoms with Gasteiger partial charge in [-0.05, 0) is 49.3 Å². The Labute approximate surface area is 121 Å². The second-order valence-electron chi connectivity index (χ2n) is 5.76. The van der Waals surface area contributed by atoms with Crippen molar-refractivity contribution in [3.05, 3.63) is 35.4 Å². The minimum atomic E-state index is 0.0591. The Balaban J connectivity index is 1.94. The lowest BCUT2D eigenvalue weighted by Crippen LogP contribution is -2.37. The van der Waals surface area contributed by atoms with Gasteiger partial charge in [-0.15, -0.1) is 0 Å². The van der Waals surface area contributed by atoms with Crippen LogP contribution in [0.25, 0.3) is 0 Å². The summed E-state index contributed by atoms with van der Waals surface area (Å²) >= 11 is 0. The van der Waals surface area contributed by atoms with E-state index in [1.165, 1.54) is 25.7 Å². The summed E-state index contributed by atoms with van der Waals surface area (Å²) in [6.45, 7) is 3.59. The number of hydrogen-bond donors (Lipinski definition) is 2. The van der Waals surface area contributed by atoms with Crippen molar-refractivity contribution in [2.75, 3.05) is 13.1 Å². The van der Waals surface area contributed by atoms with Crippen molar-refractivity contribution in [3.8, 4) is 0 Å². The molecule has 0 bridgehead atoms. The molecule has 1 amide bonds. The highest BCUT2D eigenvalue weighted by Crippen LogP contribution is 2.28. The van der Waals surface area contributed by atoms with Crippen molar-refractivity contribution in [1.82, 2.24) is 5.32 Å². The molecule has 20 heavy (non-hydrogen) atoms. The Hall–Kier alpha value is -1.35. The van der Waals surface area contributed by atoms with Crippen LogP contribution in [0, 0.1) is 11.8 Å². The Morgan fingerprint density at radius 1 is 1.25 bits per heavy atom. The first-order chi connectivity index (χ1) is 9.76. The van der Waals surface area contributed by atoms with E-state index >= 15 is 0 Å². The zero-order valence-corrected chi connectivity index (χ0v) is 12.4. The summed E-state index contributed by atoms with van der Waals surface area (Å²) in [6.07, 6.45) is 5.84. The van der Waals surface area contributed by atoms with Crippen LogP contribution >= 0.6 is 0 Å². The monoisotopic (exact) mass is 274 g/mol. The third-order valence-corrected chi connectivity index (χ3v) is 4.54. The van der Waals surface area contributed by atoms with Crippen molar-refractivity contribution in [2.24, 2.45) is 17.6 Å². The highest BCUT2D eigenvalue weighted by molar-refractivity contribution is 5.95. The molecular weight excluding hydrogens is 248 g/mol. The summed E-state index contributed by atoms with van der Waals surface area (Å²) in [5.41, 5.74) is 7.77. The maximum atomic E-state index is 12.3. The molecule has 0 aliphatic heterocycles. The first-order valence-electron chi connectivity index (χ1n) is 7.82. The molecule has 3 heteroatoms. The van der Waals surface area contributed by atoms with Crippen molar-refractivity contribution in [2.45, 2.75) is 39.0 Å². The van der Waals surface area contributed by atoms with Gasteiger partial charge in [0.1, 0.15) is 0 Å². The molecular formula is C17H26N2O. The number of aryl methyl sites for hydroxylation is 1. The Bertz CT molecular complexity index is 444. The van der Waals surface area contributed by atoms with Crippen LogP contribution in [-0.4, -0.2) is 19.0 Å². The van der Waals surface area contributed by atoms with E-state index in [0.717, 1.165) is 30.6 Å². The Morgan fingerprint density at radius 3 is 2.65 bits per heavy atom. The SMILES string of the molecule is CCc1ccccc1C(=O)NCC1CCCCC1CN. The van der Waals surface area contributed by atoms with Crippen LogP contribution in [0.1, 0.15) is 48.5 Å². The van der Waals surface area contributed by atoms with Gasteiger partial charge < -0.3 is 11.1 Å². The van der Waals surface area contributed by atoms with E-state index in [1.807, 2.05) is 24.3 Å². The van der Waals surface area contributed by atoms with Crippen LogP contribution in [0.2, 0.25) is 0 Å². The lowest BCUT2D eigenvalue weighted by molar-refractivity contribution is 0.0934. The number of amides is 1. The molecule has 2 rings (SSSR count). The standard InChI is InChI=1S/C17H26N2O/c1-2-13-7-5-6-10-16(13)17(20)19-12-15-9-4-3-8-14(15)11-18/h5-7,10,14-15H,2-4,8-9,11-12,18H2,1H3,(H,19,20). The van der Waals surface area contributed by atoms with Crippen LogP contribution in [0.3, 0.4) is 0 Å². The Morgan fingerprint density at radius 2 is 1.95 bits per heavy atom. The van der Waals surface area contributed by atoms with Gasteiger partial charge in [-0.3, -0.25) is 4.79 Å². The third-order valence-electron chi connectivity index (χ3n) is 4.54. The minimum Gasteiger partial charge on any atom is -0.352 e. The summed E-state index contributed by atoms with van der Waals surface area (Å²) in [5.74, 6) is 1.18. The fraction of sp³-hybridized carbons (Fsp3) is 0.588. The molecule has 0 spiro atoms. The van der Waals surface area contributed by atoms with Gasteiger partial charge in [0.05, 0.1) is 0 Å². The molecule has 1 aromatic carbocycles. The fourth-order valence-electron chi connectivity index (χ4n) is 3.23. The molecule has 1 saturated carbocycles. The lowest BCUT2D eigenvalue weighted by atomic mass is 9.79. The molecule has 0 saturated heterocycles. The van der Waals surface area contributed by atoms with Crippen LogP contribution in [0.4, 0.5) is 0 Å². The van der Waals surface area contributed by atoms with Crippen molar-refractivity contribution < 1.29 is 4.79 Å². The second-order valence-corrected chi connectivity index (χ2v) is 5.76. The molecule has 1 aliphatic carbocycles. The van der Waals surface area contributed by atoms with E-state index in [1.54, 1.807) is 0 Å². The van der Waals surface area contributed by atoms with Gasteiger partial charge in [0.15, 0.2) is 0 Å². The summed E-state index contributed by atoms with van der Waals surface area (Å²) in [5, 5.41) is 3.11. The van der Waals surface area contributed by atoms with Gasteiger partial charge in [-0.1, -0.05) is 38.0 Å². The fourth-order valence-corrected chi connectivity index (χ4v) is 3.23.